The fraction of sp³-hybridized carbons (Fsp3) is 0.0588. The van der Waals surface area contributed by atoms with Gasteiger partial charge in [0.05, 0.1) is 23.2 Å². The largest absolute Gasteiger partial charge is 0.322 e. The zero-order chi connectivity index (χ0) is 17.8. The number of halogens is 1. The first kappa shape index (κ1) is 16.7. The molecule has 0 aliphatic heterocycles. The number of carbonyl (C=O) groups is 1. The van der Waals surface area contributed by atoms with E-state index in [1.807, 2.05) is 18.2 Å². The molecule has 0 spiro atoms. The van der Waals surface area contributed by atoms with Gasteiger partial charge in [-0.15, -0.1) is 0 Å². The fourth-order valence-corrected chi connectivity index (χ4v) is 2.46. The molecule has 0 fully saturated rings. The Morgan fingerprint density at radius 2 is 2.04 bits per heavy atom. The van der Waals surface area contributed by atoms with E-state index in [4.69, 9.17) is 11.6 Å². The summed E-state index contributed by atoms with van der Waals surface area (Å²) >= 11 is 6.12. The van der Waals surface area contributed by atoms with Crippen LogP contribution in [0, 0.1) is 10.1 Å². The number of nitro benzene ring substituents is 1. The van der Waals surface area contributed by atoms with Crippen molar-refractivity contribution in [1.29, 1.82) is 0 Å². The molecule has 0 unspecified atom stereocenters. The highest BCUT2D eigenvalue weighted by molar-refractivity contribution is 6.31. The van der Waals surface area contributed by atoms with Crippen LogP contribution in [-0.2, 0) is 6.54 Å². The third-order valence-electron chi connectivity index (χ3n) is 3.50. The first-order chi connectivity index (χ1) is 12.0. The predicted octanol–water partition coefficient (Wildman–Crippen LogP) is 3.75. The van der Waals surface area contributed by atoms with Crippen molar-refractivity contribution in [3.63, 3.8) is 0 Å². The monoisotopic (exact) mass is 356 g/mol. The molecule has 25 heavy (non-hydrogen) atoms. The number of carbonyl (C=O) groups excluding carboxylic acids is 1. The summed E-state index contributed by atoms with van der Waals surface area (Å²) < 4.78 is 1.60. The standard InChI is InChI=1S/C17H13ClN4O3/c18-16-7-2-1-4-12(16)10-21-11-13(9-19-21)17(23)20-14-5-3-6-15(8-14)22(24)25/h1-9,11H,10H2,(H,20,23). The third kappa shape index (κ3) is 4.02. The number of non-ortho nitro benzene ring substituents is 1. The van der Waals surface area contributed by atoms with Crippen molar-refractivity contribution in [1.82, 2.24) is 9.78 Å². The average molecular weight is 357 g/mol. The Kier molecular flexibility index (Phi) is 4.76. The Balaban J connectivity index is 1.72. The topological polar surface area (TPSA) is 90.1 Å². The molecule has 0 aliphatic carbocycles. The number of anilines is 1. The van der Waals surface area contributed by atoms with E-state index in [2.05, 4.69) is 10.4 Å². The van der Waals surface area contributed by atoms with E-state index in [0.29, 0.717) is 22.8 Å². The zero-order valence-corrected chi connectivity index (χ0v) is 13.7. The van der Waals surface area contributed by atoms with Gasteiger partial charge >= 0.3 is 0 Å². The normalized spacial score (nSPS) is 10.4. The van der Waals surface area contributed by atoms with Crippen molar-refractivity contribution in [2.45, 2.75) is 6.54 Å². The smallest absolute Gasteiger partial charge is 0.271 e. The number of hydrogen-bond acceptors (Lipinski definition) is 4. The van der Waals surface area contributed by atoms with Crippen molar-refractivity contribution in [2.75, 3.05) is 5.32 Å². The number of nitro groups is 1. The fourth-order valence-electron chi connectivity index (χ4n) is 2.27. The van der Waals surface area contributed by atoms with Gasteiger partial charge in [0.2, 0.25) is 0 Å². The van der Waals surface area contributed by atoms with Gasteiger partial charge in [-0.2, -0.15) is 5.10 Å². The molecule has 2 aromatic carbocycles. The van der Waals surface area contributed by atoms with E-state index in [1.165, 1.54) is 24.4 Å². The van der Waals surface area contributed by atoms with Crippen LogP contribution in [0.2, 0.25) is 5.02 Å². The summed E-state index contributed by atoms with van der Waals surface area (Å²) in [7, 11) is 0. The van der Waals surface area contributed by atoms with E-state index in [0.717, 1.165) is 5.56 Å². The summed E-state index contributed by atoms with van der Waals surface area (Å²) in [5, 5.41) is 18.2. The quantitative estimate of drug-likeness (QED) is 0.557. The van der Waals surface area contributed by atoms with E-state index >= 15 is 0 Å². The van der Waals surface area contributed by atoms with Crippen LogP contribution in [0.5, 0.6) is 0 Å². The molecule has 1 amide bonds. The number of amides is 1. The van der Waals surface area contributed by atoms with Crippen LogP contribution in [0.15, 0.2) is 60.9 Å². The summed E-state index contributed by atoms with van der Waals surface area (Å²) in [5.74, 6) is -0.397. The summed E-state index contributed by atoms with van der Waals surface area (Å²) in [6, 6.07) is 13.1. The first-order valence-corrected chi connectivity index (χ1v) is 7.72. The van der Waals surface area contributed by atoms with Crippen LogP contribution in [0.1, 0.15) is 15.9 Å². The van der Waals surface area contributed by atoms with Crippen LogP contribution in [-0.4, -0.2) is 20.6 Å². The molecule has 3 rings (SSSR count). The number of nitrogens with zero attached hydrogens (tertiary/aromatic N) is 3. The molecular weight excluding hydrogens is 344 g/mol. The highest BCUT2D eigenvalue weighted by Gasteiger charge is 2.12. The minimum Gasteiger partial charge on any atom is -0.322 e. The minimum atomic E-state index is -0.517. The Labute approximate surface area is 148 Å². The molecule has 0 aliphatic rings. The van der Waals surface area contributed by atoms with Gasteiger partial charge in [-0.25, -0.2) is 0 Å². The summed E-state index contributed by atoms with van der Waals surface area (Å²) in [4.78, 5) is 22.5. The van der Waals surface area contributed by atoms with E-state index in [-0.39, 0.29) is 5.69 Å². The Bertz CT molecular complexity index is 939. The van der Waals surface area contributed by atoms with E-state index in [9.17, 15) is 14.9 Å². The molecule has 126 valence electrons. The van der Waals surface area contributed by atoms with Crippen LogP contribution >= 0.6 is 11.6 Å². The predicted molar refractivity (Wildman–Crippen MR) is 93.8 cm³/mol. The van der Waals surface area contributed by atoms with Crippen molar-refractivity contribution in [2.24, 2.45) is 0 Å². The van der Waals surface area contributed by atoms with Gasteiger partial charge in [-0.3, -0.25) is 19.6 Å². The molecule has 0 bridgehead atoms. The number of rotatable bonds is 5. The lowest BCUT2D eigenvalue weighted by atomic mass is 10.2. The SMILES string of the molecule is O=C(Nc1cccc([N+](=O)[O-])c1)c1cnn(Cc2ccccc2Cl)c1. The lowest BCUT2D eigenvalue weighted by Gasteiger charge is -2.04. The molecule has 8 heteroatoms. The van der Waals surface area contributed by atoms with Crippen LogP contribution in [0.3, 0.4) is 0 Å². The lowest BCUT2D eigenvalue weighted by Crippen LogP contribution is -2.11. The zero-order valence-electron chi connectivity index (χ0n) is 12.9. The number of benzene rings is 2. The molecule has 1 aromatic heterocycles. The molecule has 0 radical (unpaired) electrons. The molecule has 1 heterocycles. The van der Waals surface area contributed by atoms with Gasteiger partial charge in [0.25, 0.3) is 11.6 Å². The molecule has 0 saturated heterocycles. The lowest BCUT2D eigenvalue weighted by molar-refractivity contribution is -0.384. The first-order valence-electron chi connectivity index (χ1n) is 7.34. The average Bonchev–Trinajstić information content (AvgIpc) is 3.06. The van der Waals surface area contributed by atoms with Crippen LogP contribution in [0.4, 0.5) is 11.4 Å². The van der Waals surface area contributed by atoms with Gasteiger partial charge < -0.3 is 5.32 Å². The second-order valence-electron chi connectivity index (χ2n) is 5.28. The van der Waals surface area contributed by atoms with E-state index < -0.39 is 10.8 Å². The van der Waals surface area contributed by atoms with Gasteiger partial charge in [0, 0.05) is 29.0 Å². The number of hydrogen-bond donors (Lipinski definition) is 1. The van der Waals surface area contributed by atoms with Gasteiger partial charge in [0.1, 0.15) is 0 Å². The molecule has 7 nitrogen and oxygen atoms in total. The molecule has 1 N–H and O–H groups in total. The van der Waals surface area contributed by atoms with Gasteiger partial charge in [-0.1, -0.05) is 35.9 Å². The summed E-state index contributed by atoms with van der Waals surface area (Å²) in [6.07, 6.45) is 3.03. The molecule has 0 saturated carbocycles. The van der Waals surface area contributed by atoms with Crippen molar-refractivity contribution in [3.05, 3.63) is 87.2 Å². The van der Waals surface area contributed by atoms with Crippen molar-refractivity contribution >= 4 is 28.9 Å². The maximum atomic E-state index is 12.3. The maximum absolute atomic E-state index is 12.3. The highest BCUT2D eigenvalue weighted by atomic mass is 35.5. The second-order valence-corrected chi connectivity index (χ2v) is 5.69. The number of nitrogens with one attached hydrogen (secondary N) is 1. The molecular formula is C17H13ClN4O3. The minimum absolute atomic E-state index is 0.0905. The van der Waals surface area contributed by atoms with Crippen LogP contribution < -0.4 is 5.32 Å². The van der Waals surface area contributed by atoms with Crippen molar-refractivity contribution in [3.8, 4) is 0 Å². The number of aromatic nitrogens is 2. The maximum Gasteiger partial charge on any atom is 0.271 e. The third-order valence-corrected chi connectivity index (χ3v) is 3.87. The van der Waals surface area contributed by atoms with Gasteiger partial charge in [-0.05, 0) is 17.7 Å². The Hall–Kier alpha value is -3.19. The summed E-state index contributed by atoms with van der Waals surface area (Å²) in [5.41, 5.74) is 1.49. The summed E-state index contributed by atoms with van der Waals surface area (Å²) in [6.45, 7) is 0.434. The Morgan fingerprint density at radius 3 is 2.80 bits per heavy atom. The molecule has 3 aromatic rings. The second kappa shape index (κ2) is 7.14. The van der Waals surface area contributed by atoms with Crippen molar-refractivity contribution < 1.29 is 9.72 Å². The van der Waals surface area contributed by atoms with E-state index in [1.54, 1.807) is 23.0 Å². The van der Waals surface area contributed by atoms with Crippen LogP contribution in [0.25, 0.3) is 0 Å². The highest BCUT2D eigenvalue weighted by Crippen LogP contribution is 2.18. The molecule has 0 atom stereocenters. The van der Waals surface area contributed by atoms with Gasteiger partial charge in [0.15, 0.2) is 0 Å². The Morgan fingerprint density at radius 1 is 1.24 bits per heavy atom.